The van der Waals surface area contributed by atoms with Crippen LogP contribution in [0.15, 0.2) is 24.5 Å². The Hall–Kier alpha value is -2.37. The molecule has 0 radical (unpaired) electrons. The van der Waals surface area contributed by atoms with Crippen LogP contribution in [0.25, 0.3) is 0 Å². The number of aryl methyl sites for hydroxylation is 2. The van der Waals surface area contributed by atoms with Crippen molar-refractivity contribution in [2.45, 2.75) is 13.5 Å². The summed E-state index contributed by atoms with van der Waals surface area (Å²) in [6.45, 7) is 2.27. The van der Waals surface area contributed by atoms with E-state index in [0.717, 1.165) is 5.56 Å². The van der Waals surface area contributed by atoms with Crippen molar-refractivity contribution in [2.75, 3.05) is 12.8 Å². The molecule has 100 valence electrons. The summed E-state index contributed by atoms with van der Waals surface area (Å²) in [6.07, 6.45) is 3.44. The third-order valence-corrected chi connectivity index (χ3v) is 2.96. The van der Waals surface area contributed by atoms with Crippen LogP contribution in [0.3, 0.4) is 0 Å². The highest BCUT2D eigenvalue weighted by atomic mass is 16.2. The average molecular weight is 259 g/mol. The SMILES string of the molecule is Cc1nn(C)c(C(=O)N(C)Cc2cccnc2)c1N. The van der Waals surface area contributed by atoms with Gasteiger partial charge in [0.1, 0.15) is 5.69 Å². The number of pyridine rings is 1. The molecule has 6 nitrogen and oxygen atoms in total. The van der Waals surface area contributed by atoms with Crippen molar-refractivity contribution in [3.8, 4) is 0 Å². The zero-order valence-corrected chi connectivity index (χ0v) is 11.3. The van der Waals surface area contributed by atoms with E-state index in [4.69, 9.17) is 5.73 Å². The summed E-state index contributed by atoms with van der Waals surface area (Å²) >= 11 is 0. The van der Waals surface area contributed by atoms with Crippen molar-refractivity contribution in [2.24, 2.45) is 7.05 Å². The van der Waals surface area contributed by atoms with E-state index in [0.29, 0.717) is 23.6 Å². The van der Waals surface area contributed by atoms with Crippen molar-refractivity contribution in [3.05, 3.63) is 41.5 Å². The highest BCUT2D eigenvalue weighted by Crippen LogP contribution is 2.17. The number of nitrogen functional groups attached to an aromatic ring is 1. The number of carbonyl (C=O) groups is 1. The van der Waals surface area contributed by atoms with Gasteiger partial charge in [-0.2, -0.15) is 5.10 Å². The third kappa shape index (κ3) is 2.57. The molecule has 2 N–H and O–H groups in total. The minimum atomic E-state index is -0.149. The zero-order chi connectivity index (χ0) is 14.0. The quantitative estimate of drug-likeness (QED) is 0.891. The fraction of sp³-hybridized carbons (Fsp3) is 0.308. The van der Waals surface area contributed by atoms with E-state index in [1.54, 1.807) is 38.3 Å². The lowest BCUT2D eigenvalue weighted by molar-refractivity contribution is 0.0775. The maximum absolute atomic E-state index is 12.4. The van der Waals surface area contributed by atoms with Crippen LogP contribution in [0.2, 0.25) is 0 Å². The second-order valence-electron chi connectivity index (χ2n) is 4.49. The molecule has 0 aromatic carbocycles. The van der Waals surface area contributed by atoms with Gasteiger partial charge >= 0.3 is 0 Å². The van der Waals surface area contributed by atoms with Crippen molar-refractivity contribution >= 4 is 11.6 Å². The van der Waals surface area contributed by atoms with E-state index >= 15 is 0 Å². The first kappa shape index (κ1) is 13.1. The molecule has 0 aliphatic carbocycles. The predicted octanol–water partition coefficient (Wildman–Crippen LogP) is 0.978. The number of carbonyl (C=O) groups excluding carboxylic acids is 1. The lowest BCUT2D eigenvalue weighted by Gasteiger charge is -2.17. The molecule has 2 rings (SSSR count). The van der Waals surface area contributed by atoms with E-state index in [-0.39, 0.29) is 5.91 Å². The molecule has 0 aliphatic heterocycles. The van der Waals surface area contributed by atoms with Crippen LogP contribution in [0, 0.1) is 6.92 Å². The van der Waals surface area contributed by atoms with Gasteiger partial charge < -0.3 is 10.6 Å². The largest absolute Gasteiger partial charge is 0.395 e. The Bertz CT molecular complexity index is 591. The van der Waals surface area contributed by atoms with Crippen molar-refractivity contribution in [3.63, 3.8) is 0 Å². The summed E-state index contributed by atoms with van der Waals surface area (Å²) in [5.41, 5.74) is 8.38. The lowest BCUT2D eigenvalue weighted by atomic mass is 10.2. The van der Waals surface area contributed by atoms with Crippen LogP contribution in [-0.2, 0) is 13.6 Å². The number of nitrogens with two attached hydrogens (primary N) is 1. The van der Waals surface area contributed by atoms with Crippen LogP contribution in [0.1, 0.15) is 21.7 Å². The Morgan fingerprint density at radius 3 is 2.79 bits per heavy atom. The van der Waals surface area contributed by atoms with Crippen molar-refractivity contribution < 1.29 is 4.79 Å². The number of amides is 1. The third-order valence-electron chi connectivity index (χ3n) is 2.96. The van der Waals surface area contributed by atoms with Crippen molar-refractivity contribution in [1.82, 2.24) is 19.7 Å². The number of hydrogen-bond acceptors (Lipinski definition) is 4. The molecular weight excluding hydrogens is 242 g/mol. The fourth-order valence-electron chi connectivity index (χ4n) is 1.95. The van der Waals surface area contributed by atoms with Gasteiger partial charge in [0.15, 0.2) is 0 Å². The summed E-state index contributed by atoms with van der Waals surface area (Å²) in [4.78, 5) is 18.0. The number of anilines is 1. The first-order chi connectivity index (χ1) is 9.00. The highest BCUT2D eigenvalue weighted by molar-refractivity contribution is 5.97. The molecule has 2 aromatic rings. The van der Waals surface area contributed by atoms with Gasteiger partial charge in [0.25, 0.3) is 5.91 Å². The van der Waals surface area contributed by atoms with E-state index < -0.39 is 0 Å². The summed E-state index contributed by atoms with van der Waals surface area (Å²) in [5.74, 6) is -0.149. The first-order valence-electron chi connectivity index (χ1n) is 5.94. The van der Waals surface area contributed by atoms with Gasteiger partial charge in [0.05, 0.1) is 11.4 Å². The predicted molar refractivity (Wildman–Crippen MR) is 72.4 cm³/mol. The lowest BCUT2D eigenvalue weighted by Crippen LogP contribution is -2.28. The molecule has 0 fully saturated rings. The van der Waals surface area contributed by atoms with Gasteiger partial charge in [0.2, 0.25) is 0 Å². The van der Waals surface area contributed by atoms with Crippen LogP contribution >= 0.6 is 0 Å². The summed E-state index contributed by atoms with van der Waals surface area (Å²) in [7, 11) is 3.45. The Morgan fingerprint density at radius 1 is 1.53 bits per heavy atom. The van der Waals surface area contributed by atoms with Gasteiger partial charge in [-0.05, 0) is 18.6 Å². The molecule has 0 unspecified atom stereocenters. The molecule has 0 saturated carbocycles. The Labute approximate surface area is 111 Å². The van der Waals surface area contributed by atoms with Gasteiger partial charge in [-0.1, -0.05) is 6.07 Å². The molecule has 0 spiro atoms. The number of nitrogens with zero attached hydrogens (tertiary/aromatic N) is 4. The summed E-state index contributed by atoms with van der Waals surface area (Å²) in [5, 5.41) is 4.15. The van der Waals surface area contributed by atoms with Crippen LogP contribution in [0.5, 0.6) is 0 Å². The normalized spacial score (nSPS) is 10.5. The number of rotatable bonds is 3. The average Bonchev–Trinajstić information content (AvgIpc) is 2.63. The smallest absolute Gasteiger partial charge is 0.274 e. The molecule has 0 aliphatic rings. The second kappa shape index (κ2) is 5.09. The van der Waals surface area contributed by atoms with Crippen LogP contribution in [-0.4, -0.2) is 32.6 Å². The minimum absolute atomic E-state index is 0.149. The topological polar surface area (TPSA) is 77.0 Å². The Balaban J connectivity index is 2.20. The Morgan fingerprint density at radius 2 is 2.26 bits per heavy atom. The molecular formula is C13H17N5O. The summed E-state index contributed by atoms with van der Waals surface area (Å²) in [6, 6.07) is 3.77. The monoisotopic (exact) mass is 259 g/mol. The Kier molecular flexibility index (Phi) is 3.50. The van der Waals surface area contributed by atoms with Crippen LogP contribution in [0.4, 0.5) is 5.69 Å². The molecule has 2 aromatic heterocycles. The van der Waals surface area contributed by atoms with E-state index in [1.807, 2.05) is 12.1 Å². The van der Waals surface area contributed by atoms with Crippen molar-refractivity contribution in [1.29, 1.82) is 0 Å². The molecule has 0 atom stereocenters. The molecule has 2 heterocycles. The molecule has 6 heteroatoms. The zero-order valence-electron chi connectivity index (χ0n) is 11.3. The standard InChI is InChI=1S/C13H17N5O/c1-9-11(14)12(18(3)16-9)13(19)17(2)8-10-5-4-6-15-7-10/h4-7H,8,14H2,1-3H3. The number of aromatic nitrogens is 3. The maximum atomic E-state index is 12.4. The van der Waals surface area contributed by atoms with Gasteiger partial charge in [-0.25, -0.2) is 0 Å². The number of hydrogen-bond donors (Lipinski definition) is 1. The van der Waals surface area contributed by atoms with Gasteiger partial charge in [-0.15, -0.1) is 0 Å². The van der Waals surface area contributed by atoms with Gasteiger partial charge in [0, 0.05) is 33.0 Å². The first-order valence-corrected chi connectivity index (χ1v) is 5.94. The molecule has 1 amide bonds. The van der Waals surface area contributed by atoms with Gasteiger partial charge in [-0.3, -0.25) is 14.5 Å². The minimum Gasteiger partial charge on any atom is -0.395 e. The second-order valence-corrected chi connectivity index (χ2v) is 4.49. The molecule has 0 bridgehead atoms. The maximum Gasteiger partial charge on any atom is 0.274 e. The van der Waals surface area contributed by atoms with E-state index in [2.05, 4.69) is 10.1 Å². The summed E-state index contributed by atoms with van der Waals surface area (Å²) < 4.78 is 1.52. The van der Waals surface area contributed by atoms with Crippen LogP contribution < -0.4 is 5.73 Å². The molecule has 19 heavy (non-hydrogen) atoms. The molecule has 0 saturated heterocycles. The van der Waals surface area contributed by atoms with E-state index in [9.17, 15) is 4.79 Å². The fourth-order valence-corrected chi connectivity index (χ4v) is 1.95. The van der Waals surface area contributed by atoms with E-state index in [1.165, 1.54) is 4.68 Å². The highest BCUT2D eigenvalue weighted by Gasteiger charge is 2.21.